The van der Waals surface area contributed by atoms with Crippen molar-refractivity contribution in [2.24, 2.45) is 0 Å². The molecule has 0 radical (unpaired) electrons. The van der Waals surface area contributed by atoms with Crippen molar-refractivity contribution in [1.29, 1.82) is 0 Å². The number of benzene rings is 1. The van der Waals surface area contributed by atoms with Crippen LogP contribution in [-0.2, 0) is 0 Å². The fraction of sp³-hybridized carbons (Fsp3) is 0.333. The van der Waals surface area contributed by atoms with Gasteiger partial charge >= 0.3 is 0 Å². The summed E-state index contributed by atoms with van der Waals surface area (Å²) >= 11 is 0. The molecular formula is C18H19N3O. The minimum Gasteiger partial charge on any atom is -0.490 e. The van der Waals surface area contributed by atoms with E-state index in [-0.39, 0.29) is 0 Å². The first kappa shape index (κ1) is 13.3. The molecule has 2 heterocycles. The summed E-state index contributed by atoms with van der Waals surface area (Å²) in [6.45, 7) is 2.10. The number of hydrogen-bond donors (Lipinski definition) is 0. The summed E-state index contributed by atoms with van der Waals surface area (Å²) in [7, 11) is 0. The molecule has 1 fully saturated rings. The normalized spacial score (nSPS) is 15.5. The lowest BCUT2D eigenvalue weighted by Gasteiger charge is -2.17. The molecule has 1 aliphatic rings. The summed E-state index contributed by atoms with van der Waals surface area (Å²) in [5, 5.41) is 4.27. The third kappa shape index (κ3) is 2.45. The Morgan fingerprint density at radius 2 is 2.05 bits per heavy atom. The average molecular weight is 293 g/mol. The maximum Gasteiger partial charge on any atom is 0.154 e. The Morgan fingerprint density at radius 3 is 2.91 bits per heavy atom. The van der Waals surface area contributed by atoms with Gasteiger partial charge < -0.3 is 4.74 Å². The third-order valence-corrected chi connectivity index (χ3v) is 4.29. The second-order valence-electron chi connectivity index (χ2n) is 6.00. The van der Waals surface area contributed by atoms with Crippen molar-refractivity contribution in [2.75, 3.05) is 0 Å². The van der Waals surface area contributed by atoms with Crippen LogP contribution in [0.2, 0.25) is 0 Å². The first-order valence-corrected chi connectivity index (χ1v) is 7.87. The van der Waals surface area contributed by atoms with Crippen molar-refractivity contribution < 1.29 is 4.74 Å². The number of rotatable bonds is 3. The third-order valence-electron chi connectivity index (χ3n) is 4.29. The molecule has 1 aromatic carbocycles. The molecule has 4 nitrogen and oxygen atoms in total. The van der Waals surface area contributed by atoms with Crippen molar-refractivity contribution >= 4 is 5.65 Å². The second kappa shape index (κ2) is 5.44. The Balaban J connectivity index is 1.76. The van der Waals surface area contributed by atoms with E-state index in [0.717, 1.165) is 35.4 Å². The second-order valence-corrected chi connectivity index (χ2v) is 6.00. The van der Waals surface area contributed by atoms with Gasteiger partial charge in [0.05, 0.1) is 12.3 Å². The van der Waals surface area contributed by atoms with Crippen molar-refractivity contribution in [3.05, 3.63) is 48.4 Å². The topological polar surface area (TPSA) is 39.4 Å². The zero-order chi connectivity index (χ0) is 14.9. The lowest BCUT2D eigenvalue weighted by Crippen LogP contribution is -2.11. The quantitative estimate of drug-likeness (QED) is 0.732. The van der Waals surface area contributed by atoms with Crippen LogP contribution in [0.5, 0.6) is 5.75 Å². The Labute approximate surface area is 129 Å². The van der Waals surface area contributed by atoms with E-state index in [1.54, 1.807) is 10.7 Å². The van der Waals surface area contributed by atoms with Crippen LogP contribution in [0.3, 0.4) is 0 Å². The molecule has 0 aliphatic heterocycles. The number of fused-ring (bicyclic) bond motifs is 1. The van der Waals surface area contributed by atoms with Gasteiger partial charge in [-0.15, -0.1) is 0 Å². The van der Waals surface area contributed by atoms with Crippen molar-refractivity contribution in [2.45, 2.75) is 38.7 Å². The fourth-order valence-electron chi connectivity index (χ4n) is 3.11. The van der Waals surface area contributed by atoms with Gasteiger partial charge in [-0.2, -0.15) is 5.10 Å². The standard InChI is InChI=1S/C18H19N3O/c1-13-6-7-17(22-15-4-2-3-5-15)16(10-13)14-11-19-18-8-9-20-21(18)12-14/h6-12,15H,2-5H2,1H3. The lowest BCUT2D eigenvalue weighted by atomic mass is 10.0. The molecule has 0 atom stereocenters. The molecule has 0 unspecified atom stereocenters. The SMILES string of the molecule is Cc1ccc(OC2CCCC2)c(-c2cnc3ccnn3c2)c1. The Bertz CT molecular complexity index is 803. The molecule has 2 aromatic heterocycles. The minimum atomic E-state index is 0.350. The summed E-state index contributed by atoms with van der Waals surface area (Å²) in [6.07, 6.45) is 10.9. The Hall–Kier alpha value is -2.36. The van der Waals surface area contributed by atoms with E-state index in [4.69, 9.17) is 4.74 Å². The van der Waals surface area contributed by atoms with Crippen LogP contribution in [0.4, 0.5) is 0 Å². The van der Waals surface area contributed by atoms with Gasteiger partial charge in [0.1, 0.15) is 5.75 Å². The highest BCUT2D eigenvalue weighted by molar-refractivity contribution is 5.70. The monoisotopic (exact) mass is 293 g/mol. The highest BCUT2D eigenvalue weighted by Gasteiger charge is 2.18. The van der Waals surface area contributed by atoms with Crippen LogP contribution >= 0.6 is 0 Å². The zero-order valence-corrected chi connectivity index (χ0v) is 12.7. The predicted octanol–water partition coefficient (Wildman–Crippen LogP) is 4.03. The number of ether oxygens (including phenoxy) is 1. The van der Waals surface area contributed by atoms with Crippen LogP contribution in [0.25, 0.3) is 16.8 Å². The van der Waals surface area contributed by atoms with Gasteiger partial charge in [0.2, 0.25) is 0 Å². The van der Waals surface area contributed by atoms with Gasteiger partial charge in [0.15, 0.2) is 5.65 Å². The van der Waals surface area contributed by atoms with Gasteiger partial charge in [0, 0.05) is 29.6 Å². The predicted molar refractivity (Wildman–Crippen MR) is 86.0 cm³/mol. The van der Waals surface area contributed by atoms with Crippen LogP contribution in [0.15, 0.2) is 42.9 Å². The molecule has 22 heavy (non-hydrogen) atoms. The van der Waals surface area contributed by atoms with Crippen molar-refractivity contribution in [1.82, 2.24) is 14.6 Å². The maximum atomic E-state index is 6.25. The molecule has 0 saturated heterocycles. The Kier molecular flexibility index (Phi) is 3.29. The van der Waals surface area contributed by atoms with E-state index in [1.807, 2.05) is 18.5 Å². The minimum absolute atomic E-state index is 0.350. The average Bonchev–Trinajstić information content (AvgIpc) is 3.19. The number of aromatic nitrogens is 3. The molecule has 1 saturated carbocycles. The largest absolute Gasteiger partial charge is 0.490 e. The van der Waals surface area contributed by atoms with Gasteiger partial charge in [-0.3, -0.25) is 0 Å². The molecule has 1 aliphatic carbocycles. The molecule has 0 amide bonds. The van der Waals surface area contributed by atoms with E-state index in [1.165, 1.54) is 18.4 Å². The smallest absolute Gasteiger partial charge is 0.154 e. The van der Waals surface area contributed by atoms with Crippen LogP contribution in [0, 0.1) is 6.92 Å². The van der Waals surface area contributed by atoms with Crippen LogP contribution < -0.4 is 4.74 Å². The van der Waals surface area contributed by atoms with Gasteiger partial charge in [-0.05, 0) is 44.7 Å². The van der Waals surface area contributed by atoms with Crippen molar-refractivity contribution in [3.63, 3.8) is 0 Å². The molecule has 0 bridgehead atoms. The van der Waals surface area contributed by atoms with Gasteiger partial charge in [-0.1, -0.05) is 11.6 Å². The zero-order valence-electron chi connectivity index (χ0n) is 12.7. The summed E-state index contributed by atoms with van der Waals surface area (Å²) in [6, 6.07) is 8.25. The van der Waals surface area contributed by atoms with E-state index >= 15 is 0 Å². The number of hydrogen-bond acceptors (Lipinski definition) is 3. The van der Waals surface area contributed by atoms with E-state index in [2.05, 4.69) is 35.2 Å². The molecule has 0 N–H and O–H groups in total. The van der Waals surface area contributed by atoms with E-state index < -0.39 is 0 Å². The lowest BCUT2D eigenvalue weighted by molar-refractivity contribution is 0.211. The highest BCUT2D eigenvalue weighted by atomic mass is 16.5. The maximum absolute atomic E-state index is 6.25. The van der Waals surface area contributed by atoms with E-state index in [0.29, 0.717) is 6.10 Å². The van der Waals surface area contributed by atoms with E-state index in [9.17, 15) is 0 Å². The van der Waals surface area contributed by atoms with Crippen LogP contribution in [0.1, 0.15) is 31.2 Å². The van der Waals surface area contributed by atoms with Gasteiger partial charge in [0.25, 0.3) is 0 Å². The molecular weight excluding hydrogens is 274 g/mol. The molecule has 4 heteroatoms. The molecule has 0 spiro atoms. The fourth-order valence-corrected chi connectivity index (χ4v) is 3.11. The number of nitrogens with zero attached hydrogens (tertiary/aromatic N) is 3. The Morgan fingerprint density at radius 1 is 1.18 bits per heavy atom. The molecule has 3 aromatic rings. The number of aryl methyl sites for hydroxylation is 1. The first-order valence-electron chi connectivity index (χ1n) is 7.87. The molecule has 112 valence electrons. The summed E-state index contributed by atoms with van der Waals surface area (Å²) in [4.78, 5) is 4.47. The molecule has 4 rings (SSSR count). The first-order chi connectivity index (χ1) is 10.8. The summed E-state index contributed by atoms with van der Waals surface area (Å²) < 4.78 is 8.05. The van der Waals surface area contributed by atoms with Crippen molar-refractivity contribution in [3.8, 4) is 16.9 Å². The van der Waals surface area contributed by atoms with Gasteiger partial charge in [-0.25, -0.2) is 9.50 Å². The summed E-state index contributed by atoms with van der Waals surface area (Å²) in [5.74, 6) is 0.950. The summed E-state index contributed by atoms with van der Waals surface area (Å²) in [5.41, 5.74) is 4.20. The van der Waals surface area contributed by atoms with Crippen LogP contribution in [-0.4, -0.2) is 20.7 Å². The highest BCUT2D eigenvalue weighted by Crippen LogP contribution is 2.33.